The van der Waals surface area contributed by atoms with Crippen LogP contribution in [0.5, 0.6) is 0 Å². The van der Waals surface area contributed by atoms with Crippen LogP contribution in [0.3, 0.4) is 0 Å². The van der Waals surface area contributed by atoms with Crippen molar-refractivity contribution >= 4 is 5.78 Å². The summed E-state index contributed by atoms with van der Waals surface area (Å²) in [5.74, 6) is 3.13. The predicted molar refractivity (Wildman–Crippen MR) is 60.5 cm³/mol. The van der Waals surface area contributed by atoms with E-state index in [2.05, 4.69) is 20.8 Å². The van der Waals surface area contributed by atoms with Crippen molar-refractivity contribution in [1.82, 2.24) is 0 Å². The molecule has 0 amide bonds. The molecule has 3 saturated carbocycles. The van der Waals surface area contributed by atoms with Gasteiger partial charge < -0.3 is 0 Å². The largest absolute Gasteiger partial charge is 0.300 e. The highest BCUT2D eigenvalue weighted by atomic mass is 16.1. The van der Waals surface area contributed by atoms with Crippen molar-refractivity contribution in [2.24, 2.45) is 28.6 Å². The molecule has 0 aromatic carbocycles. The van der Waals surface area contributed by atoms with E-state index >= 15 is 0 Å². The fraction of sp³-hybridized carbons (Fsp3) is 0.929. The molecule has 0 radical (unpaired) electrons. The molecule has 0 unspecified atom stereocenters. The van der Waals surface area contributed by atoms with E-state index in [-0.39, 0.29) is 0 Å². The van der Waals surface area contributed by atoms with Crippen molar-refractivity contribution in [2.75, 3.05) is 0 Å². The number of hydrogen-bond donors (Lipinski definition) is 0. The van der Waals surface area contributed by atoms with Crippen LogP contribution in [0.2, 0.25) is 0 Å². The van der Waals surface area contributed by atoms with Gasteiger partial charge in [-0.2, -0.15) is 0 Å². The minimum atomic E-state index is 0.503. The first kappa shape index (κ1) is 9.86. The fourth-order valence-electron chi connectivity index (χ4n) is 4.43. The molecule has 0 saturated heterocycles. The summed E-state index contributed by atoms with van der Waals surface area (Å²) in [4.78, 5) is 11.5. The topological polar surface area (TPSA) is 17.1 Å². The lowest BCUT2D eigenvalue weighted by molar-refractivity contribution is -0.126. The van der Waals surface area contributed by atoms with E-state index in [4.69, 9.17) is 0 Å². The van der Waals surface area contributed by atoms with Crippen molar-refractivity contribution in [1.29, 1.82) is 0 Å². The van der Waals surface area contributed by atoms with Gasteiger partial charge >= 0.3 is 0 Å². The number of hydrogen-bond acceptors (Lipinski definition) is 1. The average Bonchev–Trinajstić information content (AvgIpc) is 2.66. The van der Waals surface area contributed by atoms with E-state index in [0.717, 1.165) is 31.1 Å². The molecular weight excluding hydrogens is 184 g/mol. The molecule has 0 spiro atoms. The van der Waals surface area contributed by atoms with Crippen LogP contribution in [0.15, 0.2) is 0 Å². The van der Waals surface area contributed by atoms with Gasteiger partial charge in [0.15, 0.2) is 0 Å². The van der Waals surface area contributed by atoms with Gasteiger partial charge in [-0.05, 0) is 47.8 Å². The summed E-state index contributed by atoms with van der Waals surface area (Å²) in [5.41, 5.74) is 1.09. The maximum Gasteiger partial charge on any atom is 0.133 e. The molecule has 0 bridgehead atoms. The predicted octanol–water partition coefficient (Wildman–Crippen LogP) is 3.43. The lowest BCUT2D eigenvalue weighted by Crippen LogP contribution is -2.37. The molecule has 3 aliphatic rings. The monoisotopic (exact) mass is 206 g/mol. The Morgan fingerprint density at radius 1 is 1.20 bits per heavy atom. The van der Waals surface area contributed by atoms with Crippen LogP contribution < -0.4 is 0 Å². The number of rotatable bonds is 0. The van der Waals surface area contributed by atoms with Crippen LogP contribution in [0.25, 0.3) is 0 Å². The first-order valence-electron chi connectivity index (χ1n) is 6.45. The Hall–Kier alpha value is -0.330. The summed E-state index contributed by atoms with van der Waals surface area (Å²) in [6.07, 6.45) is 5.62. The fourth-order valence-corrected chi connectivity index (χ4v) is 4.43. The minimum absolute atomic E-state index is 0.503. The Balaban J connectivity index is 1.84. The molecule has 0 N–H and O–H groups in total. The van der Waals surface area contributed by atoms with Crippen molar-refractivity contribution in [3.8, 4) is 0 Å². The Bertz CT molecular complexity index is 317. The average molecular weight is 206 g/mol. The second-order valence-electron chi connectivity index (χ2n) is 7.07. The smallest absolute Gasteiger partial charge is 0.133 e. The Morgan fingerprint density at radius 3 is 2.67 bits per heavy atom. The number of carbonyl (C=O) groups excluding carboxylic acids is 1. The highest BCUT2D eigenvalue weighted by Gasteiger charge is 2.64. The second-order valence-corrected chi connectivity index (χ2v) is 7.07. The summed E-state index contributed by atoms with van der Waals surface area (Å²) in [7, 11) is 0. The van der Waals surface area contributed by atoms with Gasteiger partial charge in [-0.15, -0.1) is 0 Å². The molecule has 15 heavy (non-hydrogen) atoms. The standard InChI is InChI=1S/C14H22O/c1-13(2)11-7-9-6-10(15)4-5-14(9,3)8-12(11)13/h9,11-12H,4-8H2,1-3H3/t9-,11-,12+,14+/m1/s1. The number of fused-ring (bicyclic) bond motifs is 2. The molecule has 4 atom stereocenters. The maximum absolute atomic E-state index is 11.5. The van der Waals surface area contributed by atoms with E-state index in [1.807, 2.05) is 0 Å². The highest BCUT2D eigenvalue weighted by molar-refractivity contribution is 5.79. The molecule has 1 heteroatoms. The van der Waals surface area contributed by atoms with Crippen LogP contribution in [0.4, 0.5) is 0 Å². The summed E-state index contributed by atoms with van der Waals surface area (Å²) < 4.78 is 0. The van der Waals surface area contributed by atoms with Gasteiger partial charge in [0.05, 0.1) is 0 Å². The number of ketones is 1. The molecule has 0 aromatic rings. The van der Waals surface area contributed by atoms with Gasteiger partial charge in [0, 0.05) is 12.8 Å². The Kier molecular flexibility index (Phi) is 1.76. The van der Waals surface area contributed by atoms with Crippen LogP contribution in [0, 0.1) is 28.6 Å². The quantitative estimate of drug-likeness (QED) is 0.593. The molecule has 0 aromatic heterocycles. The molecule has 84 valence electrons. The summed E-state index contributed by atoms with van der Waals surface area (Å²) in [6, 6.07) is 0. The normalized spacial score (nSPS) is 51.9. The summed E-state index contributed by atoms with van der Waals surface area (Å²) in [5, 5.41) is 0. The third-order valence-corrected chi connectivity index (χ3v) is 5.95. The van der Waals surface area contributed by atoms with Crippen molar-refractivity contribution in [3.63, 3.8) is 0 Å². The van der Waals surface area contributed by atoms with Gasteiger partial charge in [0.25, 0.3) is 0 Å². The van der Waals surface area contributed by atoms with Crippen molar-refractivity contribution in [2.45, 2.75) is 52.9 Å². The van der Waals surface area contributed by atoms with Crippen LogP contribution in [-0.2, 0) is 4.79 Å². The summed E-state index contributed by atoms with van der Waals surface area (Å²) >= 11 is 0. The van der Waals surface area contributed by atoms with Gasteiger partial charge in [-0.3, -0.25) is 4.79 Å². The van der Waals surface area contributed by atoms with E-state index < -0.39 is 0 Å². The first-order valence-corrected chi connectivity index (χ1v) is 6.45. The minimum Gasteiger partial charge on any atom is -0.300 e. The molecule has 3 rings (SSSR count). The highest BCUT2D eigenvalue weighted by Crippen LogP contribution is 2.71. The Labute approximate surface area is 92.6 Å². The van der Waals surface area contributed by atoms with Crippen molar-refractivity contribution < 1.29 is 4.79 Å². The zero-order valence-electron chi connectivity index (χ0n) is 10.2. The summed E-state index contributed by atoms with van der Waals surface area (Å²) in [6.45, 7) is 7.28. The van der Waals surface area contributed by atoms with Crippen LogP contribution in [-0.4, -0.2) is 5.78 Å². The van der Waals surface area contributed by atoms with Gasteiger partial charge in [-0.1, -0.05) is 20.8 Å². The van der Waals surface area contributed by atoms with E-state index in [1.54, 1.807) is 0 Å². The first-order chi connectivity index (χ1) is 6.93. The van der Waals surface area contributed by atoms with Gasteiger partial charge in [-0.25, -0.2) is 0 Å². The van der Waals surface area contributed by atoms with Gasteiger partial charge in [0.1, 0.15) is 5.78 Å². The lowest BCUT2D eigenvalue weighted by Gasteiger charge is -2.44. The molecule has 1 nitrogen and oxygen atoms in total. The van der Waals surface area contributed by atoms with E-state index in [1.165, 1.54) is 12.8 Å². The zero-order valence-corrected chi connectivity index (χ0v) is 10.2. The van der Waals surface area contributed by atoms with Gasteiger partial charge in [0.2, 0.25) is 0 Å². The van der Waals surface area contributed by atoms with E-state index in [0.29, 0.717) is 22.5 Å². The molecule has 0 heterocycles. The zero-order chi connectivity index (χ0) is 10.8. The van der Waals surface area contributed by atoms with Crippen LogP contribution >= 0.6 is 0 Å². The van der Waals surface area contributed by atoms with E-state index in [9.17, 15) is 4.79 Å². The molecule has 0 aliphatic heterocycles. The second kappa shape index (κ2) is 2.67. The van der Waals surface area contributed by atoms with Crippen molar-refractivity contribution in [3.05, 3.63) is 0 Å². The molecule has 3 aliphatic carbocycles. The molecular formula is C14H22O. The van der Waals surface area contributed by atoms with Crippen LogP contribution in [0.1, 0.15) is 52.9 Å². The number of Topliss-reactive ketones (excluding diaryl/α,β-unsaturated/α-hetero) is 1. The third kappa shape index (κ3) is 1.24. The maximum atomic E-state index is 11.5. The number of carbonyl (C=O) groups is 1. The molecule has 3 fully saturated rings. The lowest BCUT2D eigenvalue weighted by atomic mass is 9.60. The SMILES string of the molecule is CC1(C)[C@@H]2C[C@H]3CC(=O)CC[C@@]3(C)C[C@@H]21. The third-order valence-electron chi connectivity index (χ3n) is 5.95. The Morgan fingerprint density at radius 2 is 1.93 bits per heavy atom.